The molecule has 0 aromatic carbocycles. The van der Waals surface area contributed by atoms with E-state index in [-0.39, 0.29) is 5.91 Å². The Kier molecular flexibility index (Phi) is 10.5. The van der Waals surface area contributed by atoms with E-state index in [1.54, 1.807) is 7.11 Å². The zero-order valence-electron chi connectivity index (χ0n) is 10.9. The summed E-state index contributed by atoms with van der Waals surface area (Å²) in [4.78, 5) is 13.5. The molecule has 4 nitrogen and oxygen atoms in total. The summed E-state index contributed by atoms with van der Waals surface area (Å²) in [6.07, 6.45) is 3.72. The lowest BCUT2D eigenvalue weighted by Gasteiger charge is -2.15. The summed E-state index contributed by atoms with van der Waals surface area (Å²) in [5.41, 5.74) is 0. The SMILES string of the molecule is CCCCC(=O)NCCCN(C)CCOC. The Bertz CT molecular complexity index is 174. The number of hydrogen-bond donors (Lipinski definition) is 1. The number of carbonyl (C=O) groups is 1. The molecule has 1 N–H and O–H groups in total. The van der Waals surface area contributed by atoms with Gasteiger partial charge in [0.15, 0.2) is 0 Å². The maximum Gasteiger partial charge on any atom is 0.219 e. The van der Waals surface area contributed by atoms with E-state index in [4.69, 9.17) is 4.74 Å². The maximum absolute atomic E-state index is 11.3. The number of ether oxygens (including phenoxy) is 1. The van der Waals surface area contributed by atoms with Crippen molar-refractivity contribution in [3.63, 3.8) is 0 Å². The third-order valence-electron chi connectivity index (χ3n) is 2.47. The van der Waals surface area contributed by atoms with Crippen LogP contribution in [0.1, 0.15) is 32.6 Å². The van der Waals surface area contributed by atoms with Gasteiger partial charge in [-0.3, -0.25) is 4.79 Å². The zero-order valence-corrected chi connectivity index (χ0v) is 10.9. The molecule has 0 aromatic rings. The topological polar surface area (TPSA) is 41.6 Å². The van der Waals surface area contributed by atoms with Crippen LogP contribution in [0.15, 0.2) is 0 Å². The van der Waals surface area contributed by atoms with Crippen LogP contribution in [-0.4, -0.2) is 51.2 Å². The maximum atomic E-state index is 11.3. The average Bonchev–Trinajstić information content (AvgIpc) is 2.29. The number of unbranched alkanes of at least 4 members (excludes halogenated alkanes) is 1. The van der Waals surface area contributed by atoms with Crippen LogP contribution in [0.4, 0.5) is 0 Å². The smallest absolute Gasteiger partial charge is 0.219 e. The molecule has 96 valence electrons. The molecule has 0 rings (SSSR count). The molecule has 0 heterocycles. The molecule has 0 aliphatic heterocycles. The molecule has 4 heteroatoms. The van der Waals surface area contributed by atoms with Gasteiger partial charge in [-0.1, -0.05) is 13.3 Å². The summed E-state index contributed by atoms with van der Waals surface area (Å²) in [6.45, 7) is 5.58. The molecule has 0 fully saturated rings. The summed E-state index contributed by atoms with van der Waals surface area (Å²) in [6, 6.07) is 0. The van der Waals surface area contributed by atoms with Crippen molar-refractivity contribution in [2.75, 3.05) is 40.4 Å². The van der Waals surface area contributed by atoms with Gasteiger partial charge in [-0.05, 0) is 26.4 Å². The van der Waals surface area contributed by atoms with E-state index in [9.17, 15) is 4.79 Å². The van der Waals surface area contributed by atoms with Crippen molar-refractivity contribution in [1.82, 2.24) is 10.2 Å². The van der Waals surface area contributed by atoms with Crippen LogP contribution >= 0.6 is 0 Å². The van der Waals surface area contributed by atoms with Crippen molar-refractivity contribution in [2.45, 2.75) is 32.6 Å². The van der Waals surface area contributed by atoms with Gasteiger partial charge in [-0.15, -0.1) is 0 Å². The molecule has 0 spiro atoms. The van der Waals surface area contributed by atoms with Crippen molar-refractivity contribution in [2.24, 2.45) is 0 Å². The highest BCUT2D eigenvalue weighted by molar-refractivity contribution is 5.75. The quantitative estimate of drug-likeness (QED) is 0.575. The second-order valence-electron chi connectivity index (χ2n) is 4.10. The van der Waals surface area contributed by atoms with Gasteiger partial charge in [0.05, 0.1) is 6.61 Å². The number of hydrogen-bond acceptors (Lipinski definition) is 3. The minimum absolute atomic E-state index is 0.182. The van der Waals surface area contributed by atoms with Crippen LogP contribution < -0.4 is 5.32 Å². The number of carbonyl (C=O) groups excluding carboxylic acids is 1. The minimum atomic E-state index is 0.182. The van der Waals surface area contributed by atoms with Gasteiger partial charge in [0.25, 0.3) is 0 Å². The van der Waals surface area contributed by atoms with Crippen LogP contribution in [0.2, 0.25) is 0 Å². The second kappa shape index (κ2) is 10.9. The van der Waals surface area contributed by atoms with E-state index < -0.39 is 0 Å². The summed E-state index contributed by atoms with van der Waals surface area (Å²) in [7, 11) is 3.78. The highest BCUT2D eigenvalue weighted by Gasteiger charge is 2.00. The average molecular weight is 230 g/mol. The summed E-state index contributed by atoms with van der Waals surface area (Å²) >= 11 is 0. The third-order valence-corrected chi connectivity index (χ3v) is 2.47. The molecular formula is C12H26N2O2. The van der Waals surface area contributed by atoms with E-state index in [0.717, 1.165) is 45.5 Å². The van der Waals surface area contributed by atoms with Gasteiger partial charge in [0.2, 0.25) is 5.91 Å². The molecular weight excluding hydrogens is 204 g/mol. The van der Waals surface area contributed by atoms with Crippen LogP contribution in [0.25, 0.3) is 0 Å². The predicted octanol–water partition coefficient (Wildman–Crippen LogP) is 1.26. The molecule has 16 heavy (non-hydrogen) atoms. The van der Waals surface area contributed by atoms with Crippen LogP contribution in [0.5, 0.6) is 0 Å². The number of nitrogens with zero attached hydrogens (tertiary/aromatic N) is 1. The van der Waals surface area contributed by atoms with Crippen molar-refractivity contribution in [3.05, 3.63) is 0 Å². The second-order valence-corrected chi connectivity index (χ2v) is 4.10. The van der Waals surface area contributed by atoms with Crippen LogP contribution in [0.3, 0.4) is 0 Å². The molecule has 0 radical (unpaired) electrons. The van der Waals surface area contributed by atoms with Crippen molar-refractivity contribution < 1.29 is 9.53 Å². The lowest BCUT2D eigenvalue weighted by molar-refractivity contribution is -0.121. The standard InChI is InChI=1S/C12H26N2O2/c1-4-5-7-12(15)13-8-6-9-14(2)10-11-16-3/h4-11H2,1-3H3,(H,13,15). The summed E-state index contributed by atoms with van der Waals surface area (Å²) < 4.78 is 4.99. The molecule has 0 saturated carbocycles. The molecule has 1 amide bonds. The molecule has 0 bridgehead atoms. The Hall–Kier alpha value is -0.610. The van der Waals surface area contributed by atoms with E-state index in [1.807, 2.05) is 0 Å². The van der Waals surface area contributed by atoms with Gasteiger partial charge in [-0.25, -0.2) is 0 Å². The highest BCUT2D eigenvalue weighted by Crippen LogP contribution is 1.93. The molecule has 0 aromatic heterocycles. The van der Waals surface area contributed by atoms with Crippen LogP contribution in [-0.2, 0) is 9.53 Å². The first-order valence-corrected chi connectivity index (χ1v) is 6.14. The summed E-state index contributed by atoms with van der Waals surface area (Å²) in [5, 5.41) is 2.93. The first-order chi connectivity index (χ1) is 7.70. The Balaban J connectivity index is 3.28. The third kappa shape index (κ3) is 9.93. The van der Waals surface area contributed by atoms with Gasteiger partial charge in [0, 0.05) is 26.6 Å². The largest absolute Gasteiger partial charge is 0.383 e. The first kappa shape index (κ1) is 15.4. The zero-order chi connectivity index (χ0) is 12.2. The summed E-state index contributed by atoms with van der Waals surface area (Å²) in [5.74, 6) is 0.182. The van der Waals surface area contributed by atoms with E-state index in [1.165, 1.54) is 0 Å². The van der Waals surface area contributed by atoms with E-state index in [2.05, 4.69) is 24.2 Å². The van der Waals surface area contributed by atoms with E-state index >= 15 is 0 Å². The monoisotopic (exact) mass is 230 g/mol. The molecule has 0 atom stereocenters. The van der Waals surface area contributed by atoms with Gasteiger partial charge in [0.1, 0.15) is 0 Å². The Morgan fingerprint density at radius 3 is 2.69 bits per heavy atom. The number of likely N-dealkylation sites (N-methyl/N-ethyl adjacent to an activating group) is 1. The molecule has 0 saturated heterocycles. The lowest BCUT2D eigenvalue weighted by atomic mass is 10.2. The van der Waals surface area contributed by atoms with E-state index in [0.29, 0.717) is 6.42 Å². The fourth-order valence-corrected chi connectivity index (χ4v) is 1.36. The Labute approximate surface area is 99.3 Å². The number of methoxy groups -OCH3 is 1. The van der Waals surface area contributed by atoms with Crippen molar-refractivity contribution in [3.8, 4) is 0 Å². The molecule has 0 aliphatic carbocycles. The number of nitrogens with one attached hydrogen (secondary N) is 1. The van der Waals surface area contributed by atoms with Gasteiger partial charge < -0.3 is 15.0 Å². The minimum Gasteiger partial charge on any atom is -0.383 e. The highest BCUT2D eigenvalue weighted by atomic mass is 16.5. The number of rotatable bonds is 10. The normalized spacial score (nSPS) is 10.8. The predicted molar refractivity (Wildman–Crippen MR) is 66.5 cm³/mol. The Morgan fingerprint density at radius 1 is 1.31 bits per heavy atom. The fourth-order valence-electron chi connectivity index (χ4n) is 1.36. The van der Waals surface area contributed by atoms with Crippen LogP contribution in [0, 0.1) is 0 Å². The fraction of sp³-hybridized carbons (Fsp3) is 0.917. The van der Waals surface area contributed by atoms with Gasteiger partial charge >= 0.3 is 0 Å². The Morgan fingerprint density at radius 2 is 2.06 bits per heavy atom. The molecule has 0 aliphatic rings. The van der Waals surface area contributed by atoms with Gasteiger partial charge in [-0.2, -0.15) is 0 Å². The van der Waals surface area contributed by atoms with Crippen molar-refractivity contribution in [1.29, 1.82) is 0 Å². The first-order valence-electron chi connectivity index (χ1n) is 6.14. The lowest BCUT2D eigenvalue weighted by Crippen LogP contribution is -2.29. The molecule has 0 unspecified atom stereocenters. The van der Waals surface area contributed by atoms with Crippen molar-refractivity contribution >= 4 is 5.91 Å². The number of amides is 1.